The number of piperidine rings is 1. The molecule has 0 saturated carbocycles. The molecule has 6 nitrogen and oxygen atoms in total. The van der Waals surface area contributed by atoms with Crippen molar-refractivity contribution in [2.45, 2.75) is 58.5 Å². The highest BCUT2D eigenvalue weighted by Gasteiger charge is 2.23. The third-order valence-corrected chi connectivity index (χ3v) is 6.98. The SMILES string of the molecule is CCc1nc(CN2CCC(CN=C(N)NCC3CCCN3CC)CC2)cs1. The van der Waals surface area contributed by atoms with E-state index in [4.69, 9.17) is 10.7 Å². The van der Waals surface area contributed by atoms with Crippen LogP contribution < -0.4 is 11.1 Å². The average Bonchev–Trinajstić information content (AvgIpc) is 3.34. The van der Waals surface area contributed by atoms with Gasteiger partial charge in [-0.3, -0.25) is 14.8 Å². The molecule has 7 heteroatoms. The van der Waals surface area contributed by atoms with Gasteiger partial charge in [-0.15, -0.1) is 11.3 Å². The zero-order valence-corrected chi connectivity index (χ0v) is 17.8. The lowest BCUT2D eigenvalue weighted by molar-refractivity contribution is 0.179. The lowest BCUT2D eigenvalue weighted by Crippen LogP contribution is -2.43. The molecule has 1 aromatic heterocycles. The number of rotatable bonds is 8. The maximum atomic E-state index is 6.10. The minimum Gasteiger partial charge on any atom is -0.370 e. The molecule has 2 saturated heterocycles. The Hall–Kier alpha value is -1.18. The van der Waals surface area contributed by atoms with E-state index in [0.717, 1.165) is 45.7 Å². The van der Waals surface area contributed by atoms with E-state index in [1.54, 1.807) is 11.3 Å². The summed E-state index contributed by atoms with van der Waals surface area (Å²) in [7, 11) is 0. The number of nitrogens with one attached hydrogen (secondary N) is 1. The molecule has 3 heterocycles. The van der Waals surface area contributed by atoms with E-state index in [1.165, 1.54) is 42.9 Å². The number of aryl methyl sites for hydroxylation is 1. The van der Waals surface area contributed by atoms with Crippen LogP contribution in [-0.2, 0) is 13.0 Å². The summed E-state index contributed by atoms with van der Waals surface area (Å²) in [6.45, 7) is 11.8. The van der Waals surface area contributed by atoms with Crippen molar-refractivity contribution in [3.63, 3.8) is 0 Å². The summed E-state index contributed by atoms with van der Waals surface area (Å²) in [6, 6.07) is 0.617. The molecule has 1 unspecified atom stereocenters. The molecule has 0 aromatic carbocycles. The first-order chi connectivity index (χ1) is 13.2. The molecule has 0 amide bonds. The third-order valence-electron chi connectivity index (χ3n) is 5.94. The number of aromatic nitrogens is 1. The molecule has 2 fully saturated rings. The first kappa shape index (κ1) is 20.6. The number of hydrogen-bond acceptors (Lipinski definition) is 5. The first-order valence-electron chi connectivity index (χ1n) is 10.6. The quantitative estimate of drug-likeness (QED) is 0.525. The minimum absolute atomic E-state index is 0.617. The molecule has 2 aliphatic rings. The van der Waals surface area contributed by atoms with Crippen molar-refractivity contribution in [2.75, 3.05) is 39.3 Å². The molecule has 0 bridgehead atoms. The van der Waals surface area contributed by atoms with Crippen LogP contribution in [-0.4, -0.2) is 66.1 Å². The molecule has 152 valence electrons. The molecule has 3 rings (SSSR count). The fourth-order valence-electron chi connectivity index (χ4n) is 4.19. The second-order valence-electron chi connectivity index (χ2n) is 7.84. The highest BCUT2D eigenvalue weighted by atomic mass is 32.1. The number of nitrogens with zero attached hydrogens (tertiary/aromatic N) is 4. The van der Waals surface area contributed by atoms with Crippen LogP contribution in [0, 0.1) is 5.92 Å². The van der Waals surface area contributed by atoms with Crippen molar-refractivity contribution < 1.29 is 0 Å². The van der Waals surface area contributed by atoms with E-state index >= 15 is 0 Å². The summed E-state index contributed by atoms with van der Waals surface area (Å²) in [5.41, 5.74) is 7.33. The largest absolute Gasteiger partial charge is 0.370 e. The van der Waals surface area contributed by atoms with E-state index in [2.05, 4.69) is 39.3 Å². The Labute approximate surface area is 168 Å². The smallest absolute Gasteiger partial charge is 0.188 e. The molecule has 2 aliphatic heterocycles. The Morgan fingerprint density at radius 2 is 2.11 bits per heavy atom. The summed E-state index contributed by atoms with van der Waals surface area (Å²) < 4.78 is 0. The second kappa shape index (κ2) is 10.4. The molecule has 1 atom stereocenters. The zero-order chi connectivity index (χ0) is 19.1. The Morgan fingerprint density at radius 1 is 1.30 bits per heavy atom. The predicted molar refractivity (Wildman–Crippen MR) is 114 cm³/mol. The summed E-state index contributed by atoms with van der Waals surface area (Å²) in [5, 5.41) is 6.81. The Morgan fingerprint density at radius 3 is 2.81 bits per heavy atom. The zero-order valence-electron chi connectivity index (χ0n) is 17.0. The van der Waals surface area contributed by atoms with E-state index in [0.29, 0.717) is 17.9 Å². The number of nitrogens with two attached hydrogens (primary N) is 1. The highest BCUT2D eigenvalue weighted by molar-refractivity contribution is 7.09. The number of likely N-dealkylation sites (tertiary alicyclic amines) is 2. The van der Waals surface area contributed by atoms with Crippen LogP contribution in [0.2, 0.25) is 0 Å². The summed E-state index contributed by atoms with van der Waals surface area (Å²) in [4.78, 5) is 14.4. The first-order valence-corrected chi connectivity index (χ1v) is 11.5. The summed E-state index contributed by atoms with van der Waals surface area (Å²) >= 11 is 1.79. The van der Waals surface area contributed by atoms with Gasteiger partial charge in [0.1, 0.15) is 0 Å². The van der Waals surface area contributed by atoms with Gasteiger partial charge in [0.15, 0.2) is 5.96 Å². The van der Waals surface area contributed by atoms with Gasteiger partial charge in [0.25, 0.3) is 0 Å². The number of thiazole rings is 1. The standard InChI is InChI=1S/C20H36N6S/c1-3-19-24-17(15-27-19)14-25-10-7-16(8-11-25)12-22-20(21)23-13-18-6-5-9-26(18)4-2/h15-16,18H,3-14H2,1-2H3,(H3,21,22,23). The number of hydrogen-bond donors (Lipinski definition) is 2. The molecular formula is C20H36N6S. The monoisotopic (exact) mass is 392 g/mol. The van der Waals surface area contributed by atoms with E-state index in [1.807, 2.05) is 0 Å². The second-order valence-corrected chi connectivity index (χ2v) is 8.78. The Balaban J connectivity index is 1.34. The predicted octanol–water partition coefficient (Wildman–Crippen LogP) is 2.31. The maximum absolute atomic E-state index is 6.10. The van der Waals surface area contributed by atoms with E-state index in [-0.39, 0.29) is 0 Å². The van der Waals surface area contributed by atoms with Gasteiger partial charge in [0, 0.05) is 31.1 Å². The van der Waals surface area contributed by atoms with Gasteiger partial charge < -0.3 is 11.1 Å². The normalized spacial score (nSPS) is 23.2. The van der Waals surface area contributed by atoms with E-state index < -0.39 is 0 Å². The lowest BCUT2D eigenvalue weighted by atomic mass is 9.97. The molecule has 1 aromatic rings. The molecule has 0 radical (unpaired) electrons. The van der Waals surface area contributed by atoms with Crippen molar-refractivity contribution in [2.24, 2.45) is 16.6 Å². The van der Waals surface area contributed by atoms with Crippen LogP contribution in [0.15, 0.2) is 10.4 Å². The van der Waals surface area contributed by atoms with Gasteiger partial charge >= 0.3 is 0 Å². The van der Waals surface area contributed by atoms with Gasteiger partial charge in [0.05, 0.1) is 10.7 Å². The van der Waals surface area contributed by atoms with Gasteiger partial charge in [0.2, 0.25) is 0 Å². The van der Waals surface area contributed by atoms with Crippen LogP contribution in [0.4, 0.5) is 0 Å². The van der Waals surface area contributed by atoms with Gasteiger partial charge in [-0.1, -0.05) is 13.8 Å². The number of guanidine groups is 1. The summed E-state index contributed by atoms with van der Waals surface area (Å²) in [6.07, 6.45) is 6.01. The average molecular weight is 393 g/mol. The Bertz CT molecular complexity index is 593. The maximum Gasteiger partial charge on any atom is 0.188 e. The molecule has 27 heavy (non-hydrogen) atoms. The number of aliphatic imine (C=N–C) groups is 1. The molecule has 0 spiro atoms. The third kappa shape index (κ3) is 6.16. The van der Waals surface area contributed by atoms with Gasteiger partial charge in [-0.2, -0.15) is 0 Å². The Kier molecular flexibility index (Phi) is 7.91. The minimum atomic E-state index is 0.617. The van der Waals surface area contributed by atoms with Crippen molar-refractivity contribution in [1.29, 1.82) is 0 Å². The van der Waals surface area contributed by atoms with Gasteiger partial charge in [-0.05, 0) is 64.2 Å². The fourth-order valence-corrected chi connectivity index (χ4v) is 4.92. The summed E-state index contributed by atoms with van der Waals surface area (Å²) in [5.74, 6) is 1.27. The molecular weight excluding hydrogens is 356 g/mol. The van der Waals surface area contributed by atoms with Crippen molar-refractivity contribution >= 4 is 17.3 Å². The molecule has 3 N–H and O–H groups in total. The van der Waals surface area contributed by atoms with Crippen LogP contribution in [0.3, 0.4) is 0 Å². The van der Waals surface area contributed by atoms with Crippen molar-refractivity contribution in [1.82, 2.24) is 20.1 Å². The van der Waals surface area contributed by atoms with E-state index in [9.17, 15) is 0 Å². The van der Waals surface area contributed by atoms with Gasteiger partial charge in [-0.25, -0.2) is 4.98 Å². The van der Waals surface area contributed by atoms with Crippen LogP contribution >= 0.6 is 11.3 Å². The highest BCUT2D eigenvalue weighted by Crippen LogP contribution is 2.20. The van der Waals surface area contributed by atoms with Crippen LogP contribution in [0.5, 0.6) is 0 Å². The fraction of sp³-hybridized carbons (Fsp3) is 0.800. The molecule has 0 aliphatic carbocycles. The van der Waals surface area contributed by atoms with Crippen LogP contribution in [0.1, 0.15) is 50.2 Å². The topological polar surface area (TPSA) is 69.8 Å². The van der Waals surface area contributed by atoms with Crippen molar-refractivity contribution in [3.8, 4) is 0 Å². The lowest BCUT2D eigenvalue weighted by Gasteiger charge is -2.30. The number of likely N-dealkylation sites (N-methyl/N-ethyl adjacent to an activating group) is 1. The van der Waals surface area contributed by atoms with Crippen molar-refractivity contribution in [3.05, 3.63) is 16.1 Å². The van der Waals surface area contributed by atoms with Crippen LogP contribution in [0.25, 0.3) is 0 Å².